The van der Waals surface area contributed by atoms with Crippen molar-refractivity contribution in [3.8, 4) is 6.01 Å². The SMILES string of the molecule is COc1nccc(NC(=O)NC2CCC(C(=O)O)CC2)n1. The normalized spacial score (nSPS) is 21.4. The third-order valence-electron chi connectivity index (χ3n) is 3.47. The van der Waals surface area contributed by atoms with Crippen LogP contribution in [0, 0.1) is 5.92 Å². The number of aromatic nitrogens is 2. The fourth-order valence-corrected chi connectivity index (χ4v) is 2.33. The number of ether oxygens (including phenoxy) is 1. The number of carbonyl (C=O) groups excluding carboxylic acids is 1. The Morgan fingerprint density at radius 3 is 2.67 bits per heavy atom. The largest absolute Gasteiger partial charge is 0.481 e. The quantitative estimate of drug-likeness (QED) is 0.770. The number of amides is 2. The molecule has 1 heterocycles. The van der Waals surface area contributed by atoms with Crippen LogP contribution in [0.25, 0.3) is 0 Å². The van der Waals surface area contributed by atoms with Gasteiger partial charge in [0.25, 0.3) is 0 Å². The van der Waals surface area contributed by atoms with Crippen LogP contribution in [0.3, 0.4) is 0 Å². The van der Waals surface area contributed by atoms with E-state index in [-0.39, 0.29) is 24.0 Å². The van der Waals surface area contributed by atoms with E-state index in [1.165, 1.54) is 13.3 Å². The van der Waals surface area contributed by atoms with Gasteiger partial charge >= 0.3 is 18.0 Å². The molecule has 1 aliphatic carbocycles. The highest BCUT2D eigenvalue weighted by molar-refractivity contribution is 5.88. The first-order valence-corrected chi connectivity index (χ1v) is 6.76. The Morgan fingerprint density at radius 2 is 2.05 bits per heavy atom. The minimum Gasteiger partial charge on any atom is -0.481 e. The lowest BCUT2D eigenvalue weighted by molar-refractivity contribution is -0.142. The molecule has 0 spiro atoms. The van der Waals surface area contributed by atoms with Crippen LogP contribution in [0.1, 0.15) is 25.7 Å². The Morgan fingerprint density at radius 1 is 1.33 bits per heavy atom. The Hall–Kier alpha value is -2.38. The van der Waals surface area contributed by atoms with Crippen molar-refractivity contribution in [1.82, 2.24) is 15.3 Å². The van der Waals surface area contributed by atoms with Crippen LogP contribution in [0.2, 0.25) is 0 Å². The zero-order valence-electron chi connectivity index (χ0n) is 11.7. The second-order valence-corrected chi connectivity index (χ2v) is 4.91. The molecular weight excluding hydrogens is 276 g/mol. The van der Waals surface area contributed by atoms with Crippen molar-refractivity contribution in [2.24, 2.45) is 5.92 Å². The maximum atomic E-state index is 11.9. The van der Waals surface area contributed by atoms with Gasteiger partial charge in [-0.05, 0) is 31.7 Å². The maximum Gasteiger partial charge on any atom is 0.320 e. The number of carboxylic acids is 1. The summed E-state index contributed by atoms with van der Waals surface area (Å²) < 4.78 is 4.87. The average molecular weight is 294 g/mol. The van der Waals surface area contributed by atoms with E-state index in [4.69, 9.17) is 9.84 Å². The summed E-state index contributed by atoms with van der Waals surface area (Å²) in [6.07, 6.45) is 3.98. The first kappa shape index (κ1) is 15.0. The molecule has 1 fully saturated rings. The van der Waals surface area contributed by atoms with Gasteiger partial charge in [0, 0.05) is 12.2 Å². The van der Waals surface area contributed by atoms with Crippen LogP contribution in [-0.4, -0.2) is 40.2 Å². The number of carboxylic acid groups (broad SMARTS) is 1. The Balaban J connectivity index is 1.81. The predicted octanol–water partition coefficient (Wildman–Crippen LogP) is 1.25. The number of methoxy groups -OCH3 is 1. The number of nitrogens with one attached hydrogen (secondary N) is 2. The number of hydrogen-bond donors (Lipinski definition) is 3. The van der Waals surface area contributed by atoms with Gasteiger partial charge in [-0.2, -0.15) is 4.98 Å². The van der Waals surface area contributed by atoms with E-state index in [0.717, 1.165) is 0 Å². The molecule has 0 atom stereocenters. The topological polar surface area (TPSA) is 113 Å². The van der Waals surface area contributed by atoms with Crippen molar-refractivity contribution in [1.29, 1.82) is 0 Å². The van der Waals surface area contributed by atoms with E-state index in [9.17, 15) is 9.59 Å². The smallest absolute Gasteiger partial charge is 0.320 e. The third-order valence-corrected chi connectivity index (χ3v) is 3.47. The lowest BCUT2D eigenvalue weighted by Crippen LogP contribution is -2.41. The summed E-state index contributed by atoms with van der Waals surface area (Å²) in [5.41, 5.74) is 0. The lowest BCUT2D eigenvalue weighted by Gasteiger charge is -2.26. The highest BCUT2D eigenvalue weighted by Gasteiger charge is 2.26. The zero-order chi connectivity index (χ0) is 15.2. The van der Waals surface area contributed by atoms with Crippen molar-refractivity contribution in [2.45, 2.75) is 31.7 Å². The molecule has 2 rings (SSSR count). The van der Waals surface area contributed by atoms with Gasteiger partial charge in [0.2, 0.25) is 0 Å². The second kappa shape index (κ2) is 6.87. The molecule has 1 aliphatic rings. The van der Waals surface area contributed by atoms with Crippen molar-refractivity contribution < 1.29 is 19.4 Å². The molecule has 0 bridgehead atoms. The van der Waals surface area contributed by atoms with Crippen LogP contribution >= 0.6 is 0 Å². The zero-order valence-corrected chi connectivity index (χ0v) is 11.7. The molecule has 8 heteroatoms. The summed E-state index contributed by atoms with van der Waals surface area (Å²) in [6, 6.07) is 1.36. The molecule has 0 aliphatic heterocycles. The standard InChI is InChI=1S/C13H18N4O4/c1-21-13-14-7-6-10(17-13)16-12(20)15-9-4-2-8(3-5-9)11(18)19/h6-9H,2-5H2,1H3,(H,18,19)(H2,14,15,16,17,20). The van der Waals surface area contributed by atoms with Crippen LogP contribution in [0.4, 0.5) is 10.6 Å². The minimum absolute atomic E-state index is 0.00988. The van der Waals surface area contributed by atoms with E-state index in [0.29, 0.717) is 31.5 Å². The van der Waals surface area contributed by atoms with Crippen molar-refractivity contribution in [2.75, 3.05) is 12.4 Å². The van der Waals surface area contributed by atoms with Gasteiger partial charge in [-0.1, -0.05) is 0 Å². The van der Waals surface area contributed by atoms with Crippen LogP contribution in [-0.2, 0) is 4.79 Å². The Labute approximate surface area is 121 Å². The van der Waals surface area contributed by atoms with E-state index in [2.05, 4.69) is 20.6 Å². The van der Waals surface area contributed by atoms with Crippen molar-refractivity contribution >= 4 is 17.8 Å². The number of nitrogens with zero attached hydrogens (tertiary/aromatic N) is 2. The molecule has 0 aromatic carbocycles. The number of rotatable bonds is 4. The van der Waals surface area contributed by atoms with Crippen LogP contribution < -0.4 is 15.4 Å². The summed E-state index contributed by atoms with van der Waals surface area (Å²) in [6.45, 7) is 0. The minimum atomic E-state index is -0.758. The molecule has 1 aromatic rings. The van der Waals surface area contributed by atoms with Gasteiger partial charge < -0.3 is 15.2 Å². The van der Waals surface area contributed by atoms with Crippen molar-refractivity contribution in [3.05, 3.63) is 12.3 Å². The highest BCUT2D eigenvalue weighted by Crippen LogP contribution is 2.24. The van der Waals surface area contributed by atoms with Gasteiger partial charge in [-0.15, -0.1) is 0 Å². The average Bonchev–Trinajstić information content (AvgIpc) is 2.47. The summed E-state index contributed by atoms with van der Waals surface area (Å²) in [7, 11) is 1.44. The molecule has 0 saturated heterocycles. The lowest BCUT2D eigenvalue weighted by atomic mass is 9.86. The molecule has 0 radical (unpaired) electrons. The predicted molar refractivity (Wildman–Crippen MR) is 74.1 cm³/mol. The van der Waals surface area contributed by atoms with E-state index >= 15 is 0 Å². The van der Waals surface area contributed by atoms with Gasteiger partial charge in [-0.3, -0.25) is 10.1 Å². The summed E-state index contributed by atoms with van der Waals surface area (Å²) in [4.78, 5) is 30.5. The number of anilines is 1. The van der Waals surface area contributed by atoms with Gasteiger partial charge in [-0.25, -0.2) is 9.78 Å². The first-order valence-electron chi connectivity index (χ1n) is 6.76. The van der Waals surface area contributed by atoms with Gasteiger partial charge in [0.05, 0.1) is 13.0 Å². The molecule has 1 saturated carbocycles. The molecular formula is C13H18N4O4. The molecule has 3 N–H and O–H groups in total. The number of carbonyl (C=O) groups is 2. The fraction of sp³-hybridized carbons (Fsp3) is 0.538. The van der Waals surface area contributed by atoms with E-state index in [1.807, 2.05) is 0 Å². The summed E-state index contributed by atoms with van der Waals surface area (Å²) in [5, 5.41) is 14.3. The third kappa shape index (κ3) is 4.30. The Bertz CT molecular complexity index is 515. The second-order valence-electron chi connectivity index (χ2n) is 4.91. The molecule has 2 amide bonds. The summed E-state index contributed by atoms with van der Waals surface area (Å²) >= 11 is 0. The monoisotopic (exact) mass is 294 g/mol. The molecule has 1 aromatic heterocycles. The highest BCUT2D eigenvalue weighted by atomic mass is 16.5. The van der Waals surface area contributed by atoms with Crippen LogP contribution in [0.15, 0.2) is 12.3 Å². The van der Waals surface area contributed by atoms with E-state index in [1.54, 1.807) is 6.07 Å². The maximum absolute atomic E-state index is 11.9. The Kier molecular flexibility index (Phi) is 4.91. The van der Waals surface area contributed by atoms with E-state index < -0.39 is 5.97 Å². The summed E-state index contributed by atoms with van der Waals surface area (Å²) in [5.74, 6) is -0.707. The van der Waals surface area contributed by atoms with Gasteiger partial charge in [0.15, 0.2) is 0 Å². The first-order chi connectivity index (χ1) is 10.1. The van der Waals surface area contributed by atoms with Crippen molar-refractivity contribution in [3.63, 3.8) is 0 Å². The fourth-order valence-electron chi connectivity index (χ4n) is 2.33. The molecule has 21 heavy (non-hydrogen) atoms. The molecule has 8 nitrogen and oxygen atoms in total. The van der Waals surface area contributed by atoms with Crippen LogP contribution in [0.5, 0.6) is 6.01 Å². The number of aliphatic carboxylic acids is 1. The number of hydrogen-bond acceptors (Lipinski definition) is 5. The van der Waals surface area contributed by atoms with Gasteiger partial charge in [0.1, 0.15) is 5.82 Å². The molecule has 0 unspecified atom stereocenters. The number of urea groups is 1. The molecule has 114 valence electrons.